The molecule has 0 aromatic heterocycles. The first-order chi connectivity index (χ1) is 17.6. The van der Waals surface area contributed by atoms with Crippen LogP contribution in [-0.2, 0) is 24.1 Å². The molecule has 8 heteroatoms. The zero-order chi connectivity index (χ0) is 27.2. The Morgan fingerprint density at radius 1 is 0.757 bits per heavy atom. The van der Waals surface area contributed by atoms with Crippen LogP contribution in [0.4, 0.5) is 26.3 Å². The minimum Gasteiger partial charge on any atom is -0.429 e. The van der Waals surface area contributed by atoms with Crippen LogP contribution in [0.3, 0.4) is 0 Å². The molecular weight excluding hydrogens is 494 g/mol. The second kappa shape index (κ2) is 12.4. The van der Waals surface area contributed by atoms with Gasteiger partial charge < -0.3 is 4.74 Å². The summed E-state index contributed by atoms with van der Waals surface area (Å²) < 4.78 is 93.8. The van der Waals surface area contributed by atoms with Gasteiger partial charge in [-0.05, 0) is 48.9 Å². The molecule has 0 atom stereocenters. The lowest BCUT2D eigenvalue weighted by Gasteiger charge is -2.21. The number of rotatable bonds is 12. The number of alkyl halides is 2. The van der Waals surface area contributed by atoms with Gasteiger partial charge in [0.25, 0.3) is 0 Å². The Morgan fingerprint density at radius 2 is 1.38 bits per heavy atom. The van der Waals surface area contributed by atoms with Crippen molar-refractivity contribution in [2.24, 2.45) is 0 Å². The summed E-state index contributed by atoms with van der Waals surface area (Å²) in [6, 6.07) is 7.87. The predicted molar refractivity (Wildman–Crippen MR) is 129 cm³/mol. The minimum absolute atomic E-state index is 0.0108. The van der Waals surface area contributed by atoms with Gasteiger partial charge in [-0.1, -0.05) is 63.8 Å². The first-order valence-electron chi connectivity index (χ1n) is 12.4. The van der Waals surface area contributed by atoms with Crippen molar-refractivity contribution < 1.29 is 36.2 Å². The number of ether oxygens (including phenoxy) is 1. The fraction of sp³-hybridized carbons (Fsp3) is 0.379. The van der Waals surface area contributed by atoms with Gasteiger partial charge >= 0.3 is 6.11 Å². The first kappa shape index (κ1) is 28.4. The van der Waals surface area contributed by atoms with E-state index < -0.39 is 51.8 Å². The molecule has 3 rings (SSSR count). The average molecular weight is 524 g/mol. The van der Waals surface area contributed by atoms with Crippen LogP contribution in [0.1, 0.15) is 69.1 Å². The highest BCUT2D eigenvalue weighted by Gasteiger charge is 2.43. The van der Waals surface area contributed by atoms with Crippen LogP contribution < -0.4 is 4.74 Å². The van der Waals surface area contributed by atoms with E-state index >= 15 is 4.39 Å². The van der Waals surface area contributed by atoms with Crippen LogP contribution in [0.15, 0.2) is 42.5 Å². The van der Waals surface area contributed by atoms with E-state index in [-0.39, 0.29) is 23.8 Å². The Balaban J connectivity index is 1.95. The van der Waals surface area contributed by atoms with Gasteiger partial charge in [-0.25, -0.2) is 17.6 Å². The highest BCUT2D eigenvalue weighted by Crippen LogP contribution is 2.43. The van der Waals surface area contributed by atoms with E-state index in [4.69, 9.17) is 0 Å². The number of aryl methyl sites for hydroxylation is 2. The van der Waals surface area contributed by atoms with Gasteiger partial charge in [0.15, 0.2) is 23.2 Å². The lowest BCUT2D eigenvalue weighted by Crippen LogP contribution is -2.25. The fourth-order valence-corrected chi connectivity index (χ4v) is 4.16. The third kappa shape index (κ3) is 6.59. The third-order valence-corrected chi connectivity index (χ3v) is 6.19. The maximum Gasteiger partial charge on any atom is 0.432 e. The van der Waals surface area contributed by atoms with E-state index in [9.17, 15) is 27.1 Å². The van der Waals surface area contributed by atoms with Crippen LogP contribution in [0.2, 0.25) is 0 Å². The SMILES string of the molecule is CCCCCc1ccc(OC(F)(F)c2c(F)cc([O])c(-c3ccc(CCCCC)c(F)c3F)c2F)cc1. The number of benzene rings is 3. The van der Waals surface area contributed by atoms with Crippen LogP contribution in [-0.4, -0.2) is 0 Å². The van der Waals surface area contributed by atoms with Gasteiger partial charge in [-0.2, -0.15) is 8.78 Å². The van der Waals surface area contributed by atoms with Gasteiger partial charge in [0.1, 0.15) is 17.1 Å². The zero-order valence-corrected chi connectivity index (χ0v) is 20.8. The second-order valence-corrected chi connectivity index (χ2v) is 9.00. The molecule has 1 radical (unpaired) electrons. The van der Waals surface area contributed by atoms with Gasteiger partial charge in [0.05, 0.1) is 5.56 Å². The summed E-state index contributed by atoms with van der Waals surface area (Å²) in [6.07, 6.45) is 1.57. The monoisotopic (exact) mass is 523 g/mol. The summed E-state index contributed by atoms with van der Waals surface area (Å²) in [7, 11) is 0. The quantitative estimate of drug-likeness (QED) is 0.172. The molecule has 0 saturated heterocycles. The normalized spacial score (nSPS) is 11.7. The molecule has 0 amide bonds. The molecule has 37 heavy (non-hydrogen) atoms. The average Bonchev–Trinajstić information content (AvgIpc) is 2.83. The molecule has 2 nitrogen and oxygen atoms in total. The van der Waals surface area contributed by atoms with Crippen LogP contribution in [0.5, 0.6) is 11.5 Å². The molecule has 0 aliphatic heterocycles. The van der Waals surface area contributed by atoms with E-state index in [0.717, 1.165) is 50.2 Å². The molecule has 3 aromatic carbocycles. The van der Waals surface area contributed by atoms with Crippen LogP contribution >= 0.6 is 0 Å². The highest BCUT2D eigenvalue weighted by atomic mass is 19.3. The molecule has 0 aliphatic carbocycles. The zero-order valence-electron chi connectivity index (χ0n) is 20.8. The Labute approximate surface area is 212 Å². The van der Waals surface area contributed by atoms with Crippen molar-refractivity contribution in [3.05, 3.63) is 82.4 Å². The molecule has 0 spiro atoms. The summed E-state index contributed by atoms with van der Waals surface area (Å²) in [5, 5.41) is 12.3. The maximum absolute atomic E-state index is 15.3. The summed E-state index contributed by atoms with van der Waals surface area (Å²) in [4.78, 5) is 0. The van der Waals surface area contributed by atoms with Crippen molar-refractivity contribution in [3.63, 3.8) is 0 Å². The number of halogens is 6. The molecular formula is C29H29F6O2. The largest absolute Gasteiger partial charge is 0.432 e. The minimum atomic E-state index is -4.55. The molecule has 0 unspecified atom stereocenters. The summed E-state index contributed by atoms with van der Waals surface area (Å²) in [6.45, 7) is 3.99. The van der Waals surface area contributed by atoms with Gasteiger partial charge in [-0.3, -0.25) is 5.11 Å². The molecule has 0 fully saturated rings. The topological polar surface area (TPSA) is 29.1 Å². The third-order valence-electron chi connectivity index (χ3n) is 6.19. The lowest BCUT2D eigenvalue weighted by atomic mass is 9.96. The highest BCUT2D eigenvalue weighted by molar-refractivity contribution is 5.73. The lowest BCUT2D eigenvalue weighted by molar-refractivity contribution is -0.189. The van der Waals surface area contributed by atoms with E-state index in [1.54, 1.807) is 12.1 Å². The number of unbranched alkanes of at least 4 members (excludes halogenated alkanes) is 4. The van der Waals surface area contributed by atoms with Gasteiger partial charge in [0, 0.05) is 11.6 Å². The Hall–Kier alpha value is -3.16. The van der Waals surface area contributed by atoms with E-state index in [0.29, 0.717) is 6.42 Å². The summed E-state index contributed by atoms with van der Waals surface area (Å²) >= 11 is 0. The van der Waals surface area contributed by atoms with Crippen molar-refractivity contribution in [2.75, 3.05) is 0 Å². The molecule has 199 valence electrons. The van der Waals surface area contributed by atoms with Crippen molar-refractivity contribution in [3.8, 4) is 22.6 Å². The molecule has 3 aromatic rings. The summed E-state index contributed by atoms with van der Waals surface area (Å²) in [5.41, 5.74) is -3.03. The van der Waals surface area contributed by atoms with Gasteiger partial charge in [-0.15, -0.1) is 0 Å². The van der Waals surface area contributed by atoms with Crippen molar-refractivity contribution >= 4 is 0 Å². The Kier molecular flexibility index (Phi) is 9.51. The van der Waals surface area contributed by atoms with Crippen LogP contribution in [0, 0.1) is 23.3 Å². The number of hydrogen-bond donors (Lipinski definition) is 0. The molecule has 0 N–H and O–H groups in total. The van der Waals surface area contributed by atoms with Gasteiger partial charge in [0.2, 0.25) is 0 Å². The molecule has 0 aliphatic rings. The van der Waals surface area contributed by atoms with Crippen molar-refractivity contribution in [1.29, 1.82) is 0 Å². The Bertz CT molecular complexity index is 1210. The first-order valence-corrected chi connectivity index (χ1v) is 12.4. The maximum atomic E-state index is 15.3. The standard InChI is InChI=1S/C29H29F6O2/c1-3-5-7-9-18-11-14-20(15-12-18)37-29(34,35)25-22(30)17-23(36)24(28(25)33)21-16-13-19(10-8-6-4-2)26(31)27(21)32/h11-17H,3-10H2,1-2H3. The van der Waals surface area contributed by atoms with Crippen LogP contribution in [0.25, 0.3) is 11.1 Å². The molecule has 0 bridgehead atoms. The molecule has 0 saturated carbocycles. The molecule has 0 heterocycles. The summed E-state index contributed by atoms with van der Waals surface area (Å²) in [5.74, 6) is -8.49. The smallest absolute Gasteiger partial charge is 0.429 e. The van der Waals surface area contributed by atoms with E-state index in [1.165, 1.54) is 18.2 Å². The van der Waals surface area contributed by atoms with E-state index in [2.05, 4.69) is 11.7 Å². The predicted octanol–water partition coefficient (Wildman–Crippen LogP) is 9.65. The van der Waals surface area contributed by atoms with Crippen molar-refractivity contribution in [2.45, 2.75) is 71.3 Å². The second-order valence-electron chi connectivity index (χ2n) is 9.00. The fourth-order valence-electron chi connectivity index (χ4n) is 4.16. The van der Waals surface area contributed by atoms with Crippen molar-refractivity contribution in [1.82, 2.24) is 0 Å². The Morgan fingerprint density at radius 3 is 2.00 bits per heavy atom. The number of hydrogen-bond acceptors (Lipinski definition) is 1. The van der Waals surface area contributed by atoms with E-state index in [1.807, 2.05) is 6.92 Å².